The topological polar surface area (TPSA) is 254 Å². The summed E-state index contributed by atoms with van der Waals surface area (Å²) in [6, 6.07) is -5.37. The van der Waals surface area contributed by atoms with E-state index in [2.05, 4.69) is 38.5 Å². The highest BCUT2D eigenvalue weighted by atomic mass is 32.1. The van der Waals surface area contributed by atoms with E-state index in [1.165, 1.54) is 12.5 Å². The lowest BCUT2D eigenvalue weighted by molar-refractivity contribution is -0.143. The number of carbonyl (C=O) groups is 6. The van der Waals surface area contributed by atoms with E-state index in [-0.39, 0.29) is 18.6 Å². The lowest BCUT2D eigenvalue weighted by Crippen LogP contribution is -2.57. The first-order valence-electron chi connectivity index (χ1n) is 10.4. The molecule has 1 aromatic heterocycles. The fourth-order valence-corrected chi connectivity index (χ4v) is 2.96. The van der Waals surface area contributed by atoms with Crippen LogP contribution in [0.4, 0.5) is 0 Å². The Balaban J connectivity index is 3.07. The standard InChI is InChI=1S/C19H28N6O9S/c20-10(7-35)16(30)23-11(1-3-14(26)27)17(31)25-13(5-9-6-21-8-22-9)18(32)24-12(19(33)34)2-4-15(28)29/h6,8,10-13,35H,1-5,7,20H2,(H,21,22)(H,23,30)(H,24,32)(H,25,31)(H,26,27)(H,28,29)(H,33,34). The molecular formula is C19H28N6O9S. The number of thiol groups is 1. The molecule has 0 aliphatic carbocycles. The minimum atomic E-state index is -1.55. The summed E-state index contributed by atoms with van der Waals surface area (Å²) in [5.74, 6) is -6.63. The van der Waals surface area contributed by atoms with E-state index in [4.69, 9.17) is 15.9 Å². The van der Waals surface area contributed by atoms with Crippen molar-refractivity contribution in [2.24, 2.45) is 5.73 Å². The van der Waals surface area contributed by atoms with Gasteiger partial charge in [-0.15, -0.1) is 0 Å². The molecule has 9 N–H and O–H groups in total. The molecule has 0 saturated carbocycles. The quantitative estimate of drug-likeness (QED) is 0.104. The van der Waals surface area contributed by atoms with Crippen molar-refractivity contribution < 1.29 is 44.1 Å². The van der Waals surface area contributed by atoms with E-state index in [1.807, 2.05) is 0 Å². The zero-order valence-corrected chi connectivity index (χ0v) is 19.4. The van der Waals surface area contributed by atoms with Crippen LogP contribution in [0.15, 0.2) is 12.5 Å². The average molecular weight is 517 g/mol. The predicted molar refractivity (Wildman–Crippen MR) is 121 cm³/mol. The van der Waals surface area contributed by atoms with Crippen molar-refractivity contribution in [2.75, 3.05) is 5.75 Å². The number of rotatable bonds is 16. The van der Waals surface area contributed by atoms with Crippen LogP contribution in [0.2, 0.25) is 0 Å². The van der Waals surface area contributed by atoms with E-state index < -0.39 is 79.1 Å². The second kappa shape index (κ2) is 14.6. The van der Waals surface area contributed by atoms with Crippen molar-refractivity contribution in [3.63, 3.8) is 0 Å². The summed E-state index contributed by atoms with van der Waals surface area (Å²) in [6.07, 6.45) is 0.778. The fraction of sp³-hybridized carbons (Fsp3) is 0.526. The molecule has 0 aliphatic heterocycles. The Kier molecular flexibility index (Phi) is 12.2. The smallest absolute Gasteiger partial charge is 0.326 e. The van der Waals surface area contributed by atoms with Gasteiger partial charge in [-0.1, -0.05) is 0 Å². The van der Waals surface area contributed by atoms with Crippen molar-refractivity contribution in [1.29, 1.82) is 0 Å². The Morgan fingerprint density at radius 2 is 1.40 bits per heavy atom. The molecule has 35 heavy (non-hydrogen) atoms. The van der Waals surface area contributed by atoms with Gasteiger partial charge >= 0.3 is 17.9 Å². The molecular weight excluding hydrogens is 488 g/mol. The molecule has 1 aromatic rings. The number of aliphatic carboxylic acids is 3. The third kappa shape index (κ3) is 10.9. The van der Waals surface area contributed by atoms with Crippen molar-refractivity contribution in [2.45, 2.75) is 56.3 Å². The van der Waals surface area contributed by atoms with Gasteiger partial charge < -0.3 is 42.0 Å². The van der Waals surface area contributed by atoms with Crippen LogP contribution < -0.4 is 21.7 Å². The van der Waals surface area contributed by atoms with Gasteiger partial charge in [0.15, 0.2) is 0 Å². The molecule has 1 heterocycles. The van der Waals surface area contributed by atoms with E-state index in [0.717, 1.165) is 0 Å². The van der Waals surface area contributed by atoms with E-state index in [0.29, 0.717) is 5.69 Å². The predicted octanol–water partition coefficient (Wildman–Crippen LogP) is -2.52. The largest absolute Gasteiger partial charge is 0.481 e. The summed E-state index contributed by atoms with van der Waals surface area (Å²) in [5, 5.41) is 33.9. The van der Waals surface area contributed by atoms with Gasteiger partial charge in [-0.3, -0.25) is 24.0 Å². The van der Waals surface area contributed by atoms with Crippen LogP contribution in [0.25, 0.3) is 0 Å². The molecule has 1 rings (SSSR count). The number of aromatic amines is 1. The number of nitrogens with one attached hydrogen (secondary N) is 4. The molecule has 3 amide bonds. The summed E-state index contributed by atoms with van der Waals surface area (Å²) in [4.78, 5) is 77.6. The van der Waals surface area contributed by atoms with Gasteiger partial charge in [0.05, 0.1) is 12.4 Å². The van der Waals surface area contributed by atoms with Gasteiger partial charge in [-0.25, -0.2) is 9.78 Å². The molecule has 0 radical (unpaired) electrons. The zero-order chi connectivity index (χ0) is 26.5. The van der Waals surface area contributed by atoms with E-state index in [1.54, 1.807) is 0 Å². The van der Waals surface area contributed by atoms with Crippen LogP contribution in [0.1, 0.15) is 31.4 Å². The first kappa shape index (κ1) is 29.4. The molecule has 4 unspecified atom stereocenters. The van der Waals surface area contributed by atoms with Crippen molar-refractivity contribution in [1.82, 2.24) is 25.9 Å². The van der Waals surface area contributed by atoms with Crippen LogP contribution in [-0.2, 0) is 35.2 Å². The molecule has 15 nitrogen and oxygen atoms in total. The maximum atomic E-state index is 12.9. The monoisotopic (exact) mass is 516 g/mol. The summed E-state index contributed by atoms with van der Waals surface area (Å²) >= 11 is 3.90. The number of carboxylic acid groups (broad SMARTS) is 3. The summed E-state index contributed by atoms with van der Waals surface area (Å²) in [5.41, 5.74) is 5.98. The number of carbonyl (C=O) groups excluding carboxylic acids is 3. The number of nitrogens with two attached hydrogens (primary N) is 1. The first-order valence-corrected chi connectivity index (χ1v) is 11.0. The first-order chi connectivity index (χ1) is 16.4. The highest BCUT2D eigenvalue weighted by Gasteiger charge is 2.31. The molecule has 0 aliphatic rings. The van der Waals surface area contributed by atoms with Crippen molar-refractivity contribution in [3.8, 4) is 0 Å². The van der Waals surface area contributed by atoms with Gasteiger partial charge in [-0.05, 0) is 12.8 Å². The Morgan fingerprint density at radius 1 is 0.886 bits per heavy atom. The van der Waals surface area contributed by atoms with E-state index >= 15 is 0 Å². The SMILES string of the molecule is NC(CS)C(=O)NC(CCC(=O)O)C(=O)NC(Cc1cnc[nH]1)C(=O)NC(CCC(=O)O)C(=O)O. The lowest BCUT2D eigenvalue weighted by atomic mass is 10.1. The third-order valence-corrected chi connectivity index (χ3v) is 5.08. The number of carboxylic acids is 3. The Hall–Kier alpha value is -3.66. The van der Waals surface area contributed by atoms with Crippen LogP contribution in [0.3, 0.4) is 0 Å². The average Bonchev–Trinajstić information content (AvgIpc) is 3.30. The number of imidazole rings is 1. The number of amides is 3. The fourth-order valence-electron chi connectivity index (χ4n) is 2.79. The molecule has 0 aromatic carbocycles. The molecule has 0 saturated heterocycles. The second-order valence-corrected chi connectivity index (χ2v) is 7.82. The highest BCUT2D eigenvalue weighted by Crippen LogP contribution is 2.06. The summed E-state index contributed by atoms with van der Waals surface area (Å²) in [7, 11) is 0. The van der Waals surface area contributed by atoms with Crippen LogP contribution >= 0.6 is 12.6 Å². The van der Waals surface area contributed by atoms with Gasteiger partial charge in [0.25, 0.3) is 0 Å². The second-order valence-electron chi connectivity index (χ2n) is 7.46. The molecule has 0 spiro atoms. The number of hydrogen-bond donors (Lipinski definition) is 9. The van der Waals surface area contributed by atoms with Crippen LogP contribution in [0, 0.1) is 0 Å². The van der Waals surface area contributed by atoms with Crippen molar-refractivity contribution in [3.05, 3.63) is 18.2 Å². The Morgan fingerprint density at radius 3 is 1.89 bits per heavy atom. The number of H-pyrrole nitrogens is 1. The Bertz CT molecular complexity index is 911. The van der Waals surface area contributed by atoms with Gasteiger partial charge in [0, 0.05) is 36.9 Å². The maximum absolute atomic E-state index is 12.9. The van der Waals surface area contributed by atoms with E-state index in [9.17, 15) is 33.9 Å². The normalized spacial score (nSPS) is 14.1. The van der Waals surface area contributed by atoms with Gasteiger partial charge in [0.2, 0.25) is 17.7 Å². The van der Waals surface area contributed by atoms with Crippen molar-refractivity contribution >= 4 is 48.3 Å². The molecule has 0 fully saturated rings. The zero-order valence-electron chi connectivity index (χ0n) is 18.5. The van der Waals surface area contributed by atoms with Gasteiger partial charge in [0.1, 0.15) is 18.1 Å². The Labute approximate surface area is 204 Å². The maximum Gasteiger partial charge on any atom is 0.326 e. The summed E-state index contributed by atoms with van der Waals surface area (Å²) < 4.78 is 0. The molecule has 0 bridgehead atoms. The number of nitrogens with zero attached hydrogens (tertiary/aromatic N) is 1. The number of hydrogen-bond acceptors (Lipinski definition) is 9. The van der Waals surface area contributed by atoms with Crippen LogP contribution in [-0.4, -0.2) is 90.8 Å². The summed E-state index contributed by atoms with van der Waals surface area (Å²) in [6.45, 7) is 0. The lowest BCUT2D eigenvalue weighted by Gasteiger charge is -2.24. The highest BCUT2D eigenvalue weighted by molar-refractivity contribution is 7.80. The molecule has 16 heteroatoms. The molecule has 194 valence electrons. The molecule has 4 atom stereocenters. The van der Waals surface area contributed by atoms with Gasteiger partial charge in [-0.2, -0.15) is 12.6 Å². The minimum absolute atomic E-state index is 0.0448. The van der Waals surface area contributed by atoms with Crippen LogP contribution in [0.5, 0.6) is 0 Å². The third-order valence-electron chi connectivity index (χ3n) is 4.69. The minimum Gasteiger partial charge on any atom is -0.481 e. The number of aromatic nitrogens is 2.